The van der Waals surface area contributed by atoms with E-state index >= 15 is 0 Å². The normalized spacial score (nSPS) is 12.5. The Hall–Kier alpha value is -3.35. The molecule has 0 bridgehead atoms. The number of nitrogens with zero attached hydrogens (tertiary/aromatic N) is 3. The Balaban J connectivity index is 1.56. The zero-order valence-corrected chi connectivity index (χ0v) is 18.3. The average Bonchev–Trinajstić information content (AvgIpc) is 3.15. The minimum absolute atomic E-state index is 0.146. The summed E-state index contributed by atoms with van der Waals surface area (Å²) in [6.45, 7) is 8.61. The molecule has 2 N–H and O–H groups in total. The summed E-state index contributed by atoms with van der Waals surface area (Å²) in [5.74, 6) is 1.92. The van der Waals surface area contributed by atoms with Crippen molar-refractivity contribution in [1.82, 2.24) is 20.2 Å². The molecule has 2 aromatic carbocycles. The van der Waals surface area contributed by atoms with Crippen LogP contribution in [0.15, 0.2) is 65.9 Å². The minimum Gasteiger partial charge on any atom is -0.489 e. The van der Waals surface area contributed by atoms with Gasteiger partial charge >= 0.3 is 0 Å². The molecule has 3 aromatic rings. The molecule has 6 nitrogen and oxygen atoms in total. The van der Waals surface area contributed by atoms with Crippen LogP contribution in [0.25, 0.3) is 0 Å². The summed E-state index contributed by atoms with van der Waals surface area (Å²) in [5.41, 5.74) is 2.35. The second-order valence-corrected chi connectivity index (χ2v) is 7.38. The molecule has 0 radical (unpaired) electrons. The summed E-state index contributed by atoms with van der Waals surface area (Å²) >= 11 is 0. The fraction of sp³-hybridized carbons (Fsp3) is 0.333. The lowest BCUT2D eigenvalue weighted by Gasteiger charge is -2.17. The Kier molecular flexibility index (Phi) is 8.04. The highest BCUT2D eigenvalue weighted by atomic mass is 19.1. The van der Waals surface area contributed by atoms with Crippen LogP contribution in [-0.2, 0) is 13.1 Å². The Labute approximate surface area is 183 Å². The van der Waals surface area contributed by atoms with Crippen molar-refractivity contribution in [2.75, 3.05) is 13.1 Å². The van der Waals surface area contributed by atoms with Crippen molar-refractivity contribution in [3.05, 3.63) is 83.7 Å². The standard InChI is InChI=1S/C24H30FN5O/c1-4-26-24(28-15-18(2)31-23-10-6-9-22(25)14-23)29-16-20-7-5-8-21(13-20)17-30-12-11-27-19(30)3/h5-14,18H,4,15-17H2,1-3H3,(H2,26,28,29). The van der Waals surface area contributed by atoms with Crippen LogP contribution in [0.5, 0.6) is 5.75 Å². The summed E-state index contributed by atoms with van der Waals surface area (Å²) in [6, 6.07) is 14.6. The Morgan fingerprint density at radius 1 is 1.16 bits per heavy atom. The number of hydrogen-bond donors (Lipinski definition) is 2. The van der Waals surface area contributed by atoms with Gasteiger partial charge in [-0.05, 0) is 44.0 Å². The first-order valence-corrected chi connectivity index (χ1v) is 10.5. The SMILES string of the molecule is CCNC(=NCc1cccc(Cn2ccnc2C)c1)NCC(C)Oc1cccc(F)c1. The predicted octanol–water partition coefficient (Wildman–Crippen LogP) is 3.90. The molecule has 1 atom stereocenters. The second-order valence-electron chi connectivity index (χ2n) is 7.38. The van der Waals surface area contributed by atoms with Gasteiger partial charge in [-0.2, -0.15) is 0 Å². The molecule has 0 aliphatic heterocycles. The molecule has 164 valence electrons. The maximum absolute atomic E-state index is 13.3. The summed E-state index contributed by atoms with van der Waals surface area (Å²) < 4.78 is 21.2. The van der Waals surface area contributed by atoms with Crippen molar-refractivity contribution in [1.29, 1.82) is 0 Å². The summed E-state index contributed by atoms with van der Waals surface area (Å²) in [6.07, 6.45) is 3.66. The van der Waals surface area contributed by atoms with Crippen molar-refractivity contribution < 1.29 is 9.13 Å². The van der Waals surface area contributed by atoms with Gasteiger partial charge in [0.25, 0.3) is 0 Å². The Bertz CT molecular complexity index is 1000. The smallest absolute Gasteiger partial charge is 0.191 e. The lowest BCUT2D eigenvalue weighted by molar-refractivity contribution is 0.223. The minimum atomic E-state index is -0.307. The average molecular weight is 424 g/mol. The fourth-order valence-electron chi connectivity index (χ4n) is 3.16. The number of nitrogens with one attached hydrogen (secondary N) is 2. The van der Waals surface area contributed by atoms with Crippen LogP contribution >= 0.6 is 0 Å². The Morgan fingerprint density at radius 2 is 1.97 bits per heavy atom. The highest BCUT2D eigenvalue weighted by Gasteiger charge is 2.07. The van der Waals surface area contributed by atoms with Gasteiger partial charge in [-0.15, -0.1) is 0 Å². The van der Waals surface area contributed by atoms with Crippen molar-refractivity contribution >= 4 is 5.96 Å². The molecule has 0 aliphatic carbocycles. The van der Waals surface area contributed by atoms with Gasteiger partial charge in [-0.1, -0.05) is 30.3 Å². The maximum atomic E-state index is 13.3. The molecule has 7 heteroatoms. The molecule has 0 saturated carbocycles. The van der Waals surface area contributed by atoms with Crippen LogP contribution in [0.1, 0.15) is 30.8 Å². The maximum Gasteiger partial charge on any atom is 0.191 e. The van der Waals surface area contributed by atoms with Gasteiger partial charge in [0.1, 0.15) is 23.5 Å². The van der Waals surface area contributed by atoms with Gasteiger partial charge in [0, 0.05) is 31.5 Å². The number of rotatable bonds is 9. The molecule has 0 fully saturated rings. The molecule has 1 heterocycles. The van der Waals surface area contributed by atoms with Crippen molar-refractivity contribution in [3.8, 4) is 5.75 Å². The summed E-state index contributed by atoms with van der Waals surface area (Å²) in [7, 11) is 0. The van der Waals surface area contributed by atoms with Crippen LogP contribution in [-0.4, -0.2) is 34.7 Å². The zero-order valence-electron chi connectivity index (χ0n) is 18.3. The Morgan fingerprint density at radius 3 is 2.71 bits per heavy atom. The molecular formula is C24H30FN5O. The first-order valence-electron chi connectivity index (χ1n) is 10.5. The third kappa shape index (κ3) is 7.13. The number of hydrogen-bond acceptors (Lipinski definition) is 3. The molecule has 31 heavy (non-hydrogen) atoms. The number of aromatic nitrogens is 2. The number of ether oxygens (including phenoxy) is 1. The second kappa shape index (κ2) is 11.2. The van der Waals surface area contributed by atoms with Gasteiger partial charge < -0.3 is 19.9 Å². The molecule has 0 aliphatic rings. The van der Waals surface area contributed by atoms with E-state index in [-0.39, 0.29) is 11.9 Å². The molecule has 0 spiro atoms. The van der Waals surface area contributed by atoms with Crippen LogP contribution in [0, 0.1) is 12.7 Å². The van der Waals surface area contributed by atoms with E-state index in [9.17, 15) is 4.39 Å². The quantitative estimate of drug-likeness (QED) is 0.405. The van der Waals surface area contributed by atoms with Gasteiger partial charge in [0.15, 0.2) is 5.96 Å². The monoisotopic (exact) mass is 423 g/mol. The number of aliphatic imine (C=N–C) groups is 1. The van der Waals surface area contributed by atoms with Crippen LogP contribution < -0.4 is 15.4 Å². The number of aryl methyl sites for hydroxylation is 1. The third-order valence-electron chi connectivity index (χ3n) is 4.72. The first-order chi connectivity index (χ1) is 15.0. The molecule has 1 aromatic heterocycles. The molecule has 0 saturated heterocycles. The lowest BCUT2D eigenvalue weighted by Crippen LogP contribution is -2.41. The van der Waals surface area contributed by atoms with Crippen molar-refractivity contribution in [2.45, 2.75) is 40.0 Å². The van der Waals surface area contributed by atoms with E-state index in [1.807, 2.05) is 33.2 Å². The number of halogens is 1. The highest BCUT2D eigenvalue weighted by molar-refractivity contribution is 5.79. The van der Waals surface area contributed by atoms with Crippen molar-refractivity contribution in [3.63, 3.8) is 0 Å². The molecule has 3 rings (SSSR count). The topological polar surface area (TPSA) is 63.5 Å². The third-order valence-corrected chi connectivity index (χ3v) is 4.72. The summed E-state index contributed by atoms with van der Waals surface area (Å²) in [4.78, 5) is 8.97. The zero-order chi connectivity index (χ0) is 22.1. The fourth-order valence-corrected chi connectivity index (χ4v) is 3.16. The number of benzene rings is 2. The summed E-state index contributed by atoms with van der Waals surface area (Å²) in [5, 5.41) is 6.54. The van der Waals surface area contributed by atoms with E-state index in [4.69, 9.17) is 9.73 Å². The van der Waals surface area contributed by atoms with Crippen LogP contribution in [0.3, 0.4) is 0 Å². The van der Waals surface area contributed by atoms with E-state index in [1.165, 1.54) is 17.7 Å². The van der Waals surface area contributed by atoms with E-state index in [2.05, 4.69) is 44.5 Å². The van der Waals surface area contributed by atoms with Crippen molar-refractivity contribution in [2.24, 2.45) is 4.99 Å². The van der Waals surface area contributed by atoms with E-state index in [0.717, 1.165) is 24.5 Å². The first kappa shape index (κ1) is 22.3. The largest absolute Gasteiger partial charge is 0.489 e. The van der Waals surface area contributed by atoms with Crippen LogP contribution in [0.2, 0.25) is 0 Å². The lowest BCUT2D eigenvalue weighted by atomic mass is 10.1. The van der Waals surface area contributed by atoms with E-state index < -0.39 is 0 Å². The number of imidazole rings is 1. The van der Waals surface area contributed by atoms with Crippen LogP contribution in [0.4, 0.5) is 4.39 Å². The van der Waals surface area contributed by atoms with E-state index in [1.54, 1.807) is 12.1 Å². The van der Waals surface area contributed by atoms with Gasteiger partial charge in [0.2, 0.25) is 0 Å². The predicted molar refractivity (Wildman–Crippen MR) is 122 cm³/mol. The molecular weight excluding hydrogens is 393 g/mol. The highest BCUT2D eigenvalue weighted by Crippen LogP contribution is 2.13. The number of guanidine groups is 1. The van der Waals surface area contributed by atoms with Gasteiger partial charge in [-0.25, -0.2) is 14.4 Å². The molecule has 0 amide bonds. The van der Waals surface area contributed by atoms with Gasteiger partial charge in [0.05, 0.1) is 13.1 Å². The molecule has 1 unspecified atom stereocenters. The van der Waals surface area contributed by atoms with Gasteiger partial charge in [-0.3, -0.25) is 0 Å². The van der Waals surface area contributed by atoms with E-state index in [0.29, 0.717) is 24.8 Å².